The van der Waals surface area contributed by atoms with E-state index >= 15 is 0 Å². The van der Waals surface area contributed by atoms with Gasteiger partial charge in [-0.15, -0.1) is 0 Å². The van der Waals surface area contributed by atoms with Gasteiger partial charge >= 0.3 is 0 Å². The van der Waals surface area contributed by atoms with Crippen molar-refractivity contribution < 1.29 is 0 Å². The third-order valence-corrected chi connectivity index (χ3v) is 3.35. The highest BCUT2D eigenvalue weighted by molar-refractivity contribution is 8.08. The van der Waals surface area contributed by atoms with Crippen molar-refractivity contribution in [1.29, 1.82) is 0 Å². The Morgan fingerprint density at radius 1 is 0.938 bits per heavy atom. The molecule has 0 aliphatic carbocycles. The van der Waals surface area contributed by atoms with Gasteiger partial charge in [0, 0.05) is 9.80 Å². The zero-order chi connectivity index (χ0) is 11.4. The first-order valence-electron chi connectivity index (χ1n) is 5.24. The van der Waals surface area contributed by atoms with E-state index in [2.05, 4.69) is 49.9 Å². The van der Waals surface area contributed by atoms with Gasteiger partial charge in [0.25, 0.3) is 0 Å². The Labute approximate surface area is 101 Å². The van der Waals surface area contributed by atoms with E-state index in [4.69, 9.17) is 0 Å². The van der Waals surface area contributed by atoms with E-state index < -0.39 is 0 Å². The Balaban J connectivity index is 2.11. The van der Waals surface area contributed by atoms with Crippen LogP contribution in [0.15, 0.2) is 66.1 Å². The molecular weight excluding hydrogens is 212 g/mol. The van der Waals surface area contributed by atoms with Crippen LogP contribution in [0.3, 0.4) is 0 Å². The molecule has 2 aromatic carbocycles. The van der Waals surface area contributed by atoms with Crippen molar-refractivity contribution in [3.05, 3.63) is 72.3 Å². The van der Waals surface area contributed by atoms with Crippen LogP contribution in [0.1, 0.15) is 11.1 Å². The smallest absolute Gasteiger partial charge is 0.0122 e. The second-order valence-corrected chi connectivity index (χ2v) is 4.87. The Hall–Kier alpha value is -1.47. The van der Waals surface area contributed by atoms with Crippen LogP contribution in [-0.4, -0.2) is 0 Å². The van der Waals surface area contributed by atoms with Gasteiger partial charge in [0.05, 0.1) is 0 Å². The molecule has 0 atom stereocenters. The van der Waals surface area contributed by atoms with Crippen molar-refractivity contribution in [1.82, 2.24) is 0 Å². The van der Waals surface area contributed by atoms with Gasteiger partial charge in [-0.25, -0.2) is 0 Å². The average molecular weight is 226 g/mol. The van der Waals surface area contributed by atoms with E-state index in [0.717, 1.165) is 4.91 Å². The number of hydrogen-bond donors (Lipinski definition) is 0. The van der Waals surface area contributed by atoms with E-state index in [1.165, 1.54) is 16.0 Å². The van der Waals surface area contributed by atoms with Crippen LogP contribution in [0, 0.1) is 6.92 Å². The fourth-order valence-electron chi connectivity index (χ4n) is 1.43. The first-order chi connectivity index (χ1) is 7.75. The molecule has 0 spiro atoms. The minimum Gasteiger partial charge on any atom is -0.0901 e. The summed E-state index contributed by atoms with van der Waals surface area (Å²) in [7, 11) is 0. The van der Waals surface area contributed by atoms with Crippen molar-refractivity contribution in [3.8, 4) is 0 Å². The van der Waals surface area contributed by atoms with Gasteiger partial charge in [0.2, 0.25) is 0 Å². The summed E-state index contributed by atoms with van der Waals surface area (Å²) in [6.07, 6.45) is 0. The maximum absolute atomic E-state index is 4.11. The quantitative estimate of drug-likeness (QED) is 0.680. The fraction of sp³-hybridized carbons (Fsp3) is 0.0667. The average Bonchev–Trinajstić information content (AvgIpc) is 2.33. The van der Waals surface area contributed by atoms with E-state index in [9.17, 15) is 0 Å². The topological polar surface area (TPSA) is 0 Å². The first-order valence-corrected chi connectivity index (χ1v) is 6.06. The van der Waals surface area contributed by atoms with Gasteiger partial charge in [-0.1, -0.05) is 66.4 Å². The van der Waals surface area contributed by atoms with Crippen molar-refractivity contribution in [3.63, 3.8) is 0 Å². The number of aryl methyl sites for hydroxylation is 1. The summed E-state index contributed by atoms with van der Waals surface area (Å²) in [6, 6.07) is 18.8. The van der Waals surface area contributed by atoms with Crippen molar-refractivity contribution in [2.24, 2.45) is 0 Å². The normalized spacial score (nSPS) is 10.1. The van der Waals surface area contributed by atoms with Gasteiger partial charge in [-0.05, 0) is 24.6 Å². The van der Waals surface area contributed by atoms with Crippen LogP contribution in [-0.2, 0) is 0 Å². The van der Waals surface area contributed by atoms with Gasteiger partial charge < -0.3 is 0 Å². The van der Waals surface area contributed by atoms with Crippen molar-refractivity contribution >= 4 is 16.7 Å². The highest BCUT2D eigenvalue weighted by Crippen LogP contribution is 2.32. The molecule has 0 fully saturated rings. The van der Waals surface area contributed by atoms with E-state index in [0.29, 0.717) is 0 Å². The summed E-state index contributed by atoms with van der Waals surface area (Å²) in [5, 5.41) is 0. The number of benzene rings is 2. The molecule has 0 bridgehead atoms. The molecule has 0 saturated heterocycles. The van der Waals surface area contributed by atoms with Crippen LogP contribution in [0.25, 0.3) is 4.91 Å². The molecule has 80 valence electrons. The molecule has 0 aliphatic heterocycles. The Kier molecular flexibility index (Phi) is 3.47. The summed E-state index contributed by atoms with van der Waals surface area (Å²) in [4.78, 5) is 2.32. The minimum atomic E-state index is 1.09. The largest absolute Gasteiger partial charge is 0.0901 e. The lowest BCUT2D eigenvalue weighted by atomic mass is 10.2. The molecule has 0 radical (unpaired) electrons. The fourth-order valence-corrected chi connectivity index (χ4v) is 2.24. The molecule has 0 nitrogen and oxygen atoms in total. The third kappa shape index (κ3) is 2.77. The number of thioether (sulfide) groups is 1. The first kappa shape index (κ1) is 11.0. The van der Waals surface area contributed by atoms with E-state index in [1.807, 2.05) is 18.2 Å². The lowest BCUT2D eigenvalue weighted by molar-refractivity contribution is 1.38. The molecular formula is C15H14S. The molecule has 0 unspecified atom stereocenters. The molecule has 16 heavy (non-hydrogen) atoms. The Bertz CT molecular complexity index is 469. The summed E-state index contributed by atoms with van der Waals surface area (Å²) in [5.74, 6) is 0. The molecule has 0 aliphatic rings. The molecule has 1 heteroatoms. The zero-order valence-corrected chi connectivity index (χ0v) is 10.1. The monoisotopic (exact) mass is 226 g/mol. The summed E-state index contributed by atoms with van der Waals surface area (Å²) < 4.78 is 0. The summed E-state index contributed by atoms with van der Waals surface area (Å²) in [5.41, 5.74) is 2.47. The van der Waals surface area contributed by atoms with Gasteiger partial charge in [0.1, 0.15) is 0 Å². The molecule has 2 rings (SSSR count). The summed E-state index contributed by atoms with van der Waals surface area (Å²) >= 11 is 1.71. The molecule has 0 aromatic heterocycles. The molecule has 0 N–H and O–H groups in total. The molecule has 0 heterocycles. The van der Waals surface area contributed by atoms with Crippen LogP contribution >= 0.6 is 11.8 Å². The molecule has 2 aromatic rings. The van der Waals surface area contributed by atoms with Gasteiger partial charge in [0.15, 0.2) is 0 Å². The van der Waals surface area contributed by atoms with Crippen LogP contribution < -0.4 is 0 Å². The molecule has 0 amide bonds. The van der Waals surface area contributed by atoms with Crippen molar-refractivity contribution in [2.75, 3.05) is 0 Å². The second-order valence-electron chi connectivity index (χ2n) is 3.70. The standard InChI is InChI=1S/C15H14S/c1-12-8-10-15(11-9-12)16-13(2)14-6-4-3-5-7-14/h3-11H,2H2,1H3. The number of rotatable bonds is 3. The highest BCUT2D eigenvalue weighted by atomic mass is 32.2. The van der Waals surface area contributed by atoms with Crippen LogP contribution in [0.5, 0.6) is 0 Å². The van der Waals surface area contributed by atoms with Crippen molar-refractivity contribution in [2.45, 2.75) is 11.8 Å². The van der Waals surface area contributed by atoms with Gasteiger partial charge in [-0.3, -0.25) is 0 Å². The van der Waals surface area contributed by atoms with E-state index in [-0.39, 0.29) is 0 Å². The predicted octanol–water partition coefficient (Wildman–Crippen LogP) is 4.76. The Morgan fingerprint density at radius 3 is 2.19 bits per heavy atom. The van der Waals surface area contributed by atoms with Crippen LogP contribution in [0.4, 0.5) is 0 Å². The lowest BCUT2D eigenvalue weighted by Gasteiger charge is -2.05. The minimum absolute atomic E-state index is 1.09. The maximum Gasteiger partial charge on any atom is 0.0122 e. The van der Waals surface area contributed by atoms with Crippen LogP contribution in [0.2, 0.25) is 0 Å². The Morgan fingerprint density at radius 2 is 1.56 bits per heavy atom. The SMILES string of the molecule is C=C(Sc1ccc(C)cc1)c1ccccc1. The lowest BCUT2D eigenvalue weighted by Crippen LogP contribution is -1.78. The van der Waals surface area contributed by atoms with Gasteiger partial charge in [-0.2, -0.15) is 0 Å². The predicted molar refractivity (Wildman–Crippen MR) is 72.5 cm³/mol. The van der Waals surface area contributed by atoms with E-state index in [1.54, 1.807) is 11.8 Å². The number of hydrogen-bond acceptors (Lipinski definition) is 1. The third-order valence-electron chi connectivity index (χ3n) is 2.36. The second kappa shape index (κ2) is 5.04. The summed E-state index contributed by atoms with van der Waals surface area (Å²) in [6.45, 7) is 6.20. The zero-order valence-electron chi connectivity index (χ0n) is 9.31. The molecule has 0 saturated carbocycles. The maximum atomic E-state index is 4.11. The highest BCUT2D eigenvalue weighted by Gasteiger charge is 2.00.